The molecule has 31 heavy (non-hydrogen) atoms. The minimum atomic E-state index is -0.140. The first-order valence-electron chi connectivity index (χ1n) is 10.1. The molecule has 2 heterocycles. The largest absolute Gasteiger partial charge is 0.496 e. The van der Waals surface area contributed by atoms with Gasteiger partial charge in [0, 0.05) is 16.6 Å². The Bertz CT molecular complexity index is 1240. The van der Waals surface area contributed by atoms with E-state index in [0.717, 1.165) is 41.0 Å². The number of rotatable bonds is 6. The van der Waals surface area contributed by atoms with Crippen molar-refractivity contribution in [2.45, 2.75) is 25.4 Å². The molecular formula is C23H22N6O2. The molecule has 0 saturated carbocycles. The van der Waals surface area contributed by atoms with E-state index in [2.05, 4.69) is 26.9 Å². The lowest BCUT2D eigenvalue weighted by Gasteiger charge is -2.18. The molecule has 5 rings (SSSR count). The van der Waals surface area contributed by atoms with Gasteiger partial charge in [-0.15, -0.1) is 10.2 Å². The first-order chi connectivity index (χ1) is 15.2. The number of carbonyl (C=O) groups is 1. The van der Waals surface area contributed by atoms with E-state index in [9.17, 15) is 4.79 Å². The highest BCUT2D eigenvalue weighted by atomic mass is 16.5. The number of hydrogen-bond acceptors (Lipinski definition) is 6. The maximum Gasteiger partial charge on any atom is 0.244 e. The lowest BCUT2D eigenvalue weighted by molar-refractivity contribution is -0.116. The quantitative estimate of drug-likeness (QED) is 0.501. The molecular weight excluding hydrogens is 392 g/mol. The molecule has 0 bridgehead atoms. The number of amides is 1. The van der Waals surface area contributed by atoms with Gasteiger partial charge in [-0.2, -0.15) is 0 Å². The van der Waals surface area contributed by atoms with Crippen LogP contribution in [0.1, 0.15) is 23.6 Å². The van der Waals surface area contributed by atoms with Gasteiger partial charge in [-0.25, -0.2) is 4.98 Å². The molecule has 2 N–H and O–H groups in total. The minimum absolute atomic E-state index is 0.140. The standard InChI is InChI=1S/C23H22N6O2/c1-31-20-4-2-3-15-5-8-19(23(15)20)28-21-10-6-16-11-17(7-9-18(16)27-21)26-22(30)12-29-13-24-25-14-29/h2-4,6-7,9-11,13-14,19H,5,8,12H2,1H3,(H,26,30)(H,27,28). The van der Waals surface area contributed by atoms with Crippen LogP contribution in [-0.4, -0.2) is 32.8 Å². The number of benzene rings is 2. The fourth-order valence-electron chi connectivity index (χ4n) is 4.10. The Balaban J connectivity index is 1.32. The molecule has 1 unspecified atom stereocenters. The normalized spacial score (nSPS) is 14.9. The van der Waals surface area contributed by atoms with Crippen LogP contribution in [-0.2, 0) is 17.8 Å². The van der Waals surface area contributed by atoms with Gasteiger partial charge in [0.25, 0.3) is 0 Å². The number of ether oxygens (including phenoxy) is 1. The molecule has 0 aliphatic heterocycles. The van der Waals surface area contributed by atoms with Crippen molar-refractivity contribution in [2.24, 2.45) is 0 Å². The molecule has 1 aliphatic rings. The SMILES string of the molecule is COc1cccc2c1C(Nc1ccc3cc(NC(=O)Cn4cnnc4)ccc3n1)CC2. The van der Waals surface area contributed by atoms with Crippen LogP contribution in [0.2, 0.25) is 0 Å². The predicted molar refractivity (Wildman–Crippen MR) is 118 cm³/mol. The summed E-state index contributed by atoms with van der Waals surface area (Å²) >= 11 is 0. The van der Waals surface area contributed by atoms with Crippen LogP contribution in [0.25, 0.3) is 10.9 Å². The lowest BCUT2D eigenvalue weighted by atomic mass is 10.1. The molecule has 0 spiro atoms. The van der Waals surface area contributed by atoms with Gasteiger partial charge < -0.3 is 19.9 Å². The van der Waals surface area contributed by atoms with Crippen molar-refractivity contribution in [3.63, 3.8) is 0 Å². The fourth-order valence-corrected chi connectivity index (χ4v) is 4.10. The summed E-state index contributed by atoms with van der Waals surface area (Å²) in [5, 5.41) is 14.8. The number of hydrogen-bond donors (Lipinski definition) is 2. The molecule has 156 valence electrons. The van der Waals surface area contributed by atoms with Crippen LogP contribution < -0.4 is 15.4 Å². The number of anilines is 2. The van der Waals surface area contributed by atoms with Crippen LogP contribution in [0, 0.1) is 0 Å². The molecule has 0 fully saturated rings. The zero-order valence-corrected chi connectivity index (χ0v) is 17.1. The van der Waals surface area contributed by atoms with Gasteiger partial charge in [0.05, 0.1) is 18.7 Å². The molecule has 1 aliphatic carbocycles. The summed E-state index contributed by atoms with van der Waals surface area (Å²) in [7, 11) is 1.71. The summed E-state index contributed by atoms with van der Waals surface area (Å²) in [6.45, 7) is 0.165. The van der Waals surface area contributed by atoms with Gasteiger partial charge in [-0.05, 0) is 54.8 Å². The number of nitrogens with zero attached hydrogens (tertiary/aromatic N) is 4. The molecule has 0 saturated heterocycles. The van der Waals surface area contributed by atoms with Crippen molar-refractivity contribution in [1.82, 2.24) is 19.7 Å². The molecule has 8 nitrogen and oxygen atoms in total. The van der Waals surface area contributed by atoms with E-state index in [-0.39, 0.29) is 18.5 Å². The van der Waals surface area contributed by atoms with Gasteiger partial charge in [-0.3, -0.25) is 4.79 Å². The molecule has 1 atom stereocenters. The van der Waals surface area contributed by atoms with Crippen LogP contribution in [0.4, 0.5) is 11.5 Å². The van der Waals surface area contributed by atoms with Gasteiger partial charge in [0.2, 0.25) is 5.91 Å². The summed E-state index contributed by atoms with van der Waals surface area (Å²) in [6.07, 6.45) is 5.05. The Morgan fingerprint density at radius 3 is 2.87 bits per heavy atom. The van der Waals surface area contributed by atoms with E-state index in [1.54, 1.807) is 11.7 Å². The fraction of sp³-hybridized carbons (Fsp3) is 0.217. The topological polar surface area (TPSA) is 94.0 Å². The Morgan fingerprint density at radius 1 is 1.16 bits per heavy atom. The Labute approximate surface area is 179 Å². The summed E-state index contributed by atoms with van der Waals surface area (Å²) < 4.78 is 7.19. The molecule has 0 radical (unpaired) electrons. The van der Waals surface area contributed by atoms with E-state index in [1.807, 2.05) is 42.5 Å². The second-order valence-corrected chi connectivity index (χ2v) is 7.56. The maximum atomic E-state index is 12.2. The van der Waals surface area contributed by atoms with Crippen LogP contribution in [0.15, 0.2) is 61.2 Å². The number of aryl methyl sites for hydroxylation is 1. The number of carbonyl (C=O) groups excluding carboxylic acids is 1. The van der Waals surface area contributed by atoms with Crippen molar-refractivity contribution in [3.05, 3.63) is 72.3 Å². The Kier molecular flexibility index (Phi) is 4.95. The zero-order valence-electron chi connectivity index (χ0n) is 17.1. The van der Waals surface area contributed by atoms with Crippen LogP contribution in [0.5, 0.6) is 5.75 Å². The monoisotopic (exact) mass is 414 g/mol. The first kappa shape index (κ1) is 19.0. The summed E-state index contributed by atoms with van der Waals surface area (Å²) in [5.41, 5.74) is 4.13. The van der Waals surface area contributed by atoms with Crippen LogP contribution in [0.3, 0.4) is 0 Å². The molecule has 1 amide bonds. The van der Waals surface area contributed by atoms with Crippen molar-refractivity contribution < 1.29 is 9.53 Å². The third-order valence-corrected chi connectivity index (χ3v) is 5.51. The van der Waals surface area contributed by atoms with Crippen molar-refractivity contribution in [3.8, 4) is 5.75 Å². The Hall–Kier alpha value is -3.94. The number of pyridine rings is 1. The highest BCUT2D eigenvalue weighted by Crippen LogP contribution is 2.39. The van der Waals surface area contributed by atoms with Gasteiger partial charge >= 0.3 is 0 Å². The number of aromatic nitrogens is 4. The van der Waals surface area contributed by atoms with Gasteiger partial charge in [0.15, 0.2) is 0 Å². The first-order valence-corrected chi connectivity index (χ1v) is 10.1. The molecule has 2 aromatic carbocycles. The third-order valence-electron chi connectivity index (χ3n) is 5.51. The lowest BCUT2D eigenvalue weighted by Crippen LogP contribution is -2.17. The second kappa shape index (κ2) is 8.06. The summed E-state index contributed by atoms with van der Waals surface area (Å²) in [4.78, 5) is 17.0. The van der Waals surface area contributed by atoms with Crippen LogP contribution >= 0.6 is 0 Å². The average Bonchev–Trinajstić information content (AvgIpc) is 3.44. The van der Waals surface area contributed by atoms with Crippen molar-refractivity contribution in [1.29, 1.82) is 0 Å². The molecule has 2 aromatic heterocycles. The van der Waals surface area contributed by atoms with Gasteiger partial charge in [0.1, 0.15) is 30.8 Å². The number of fused-ring (bicyclic) bond motifs is 2. The molecule has 4 aromatic rings. The number of nitrogens with one attached hydrogen (secondary N) is 2. The highest BCUT2D eigenvalue weighted by Gasteiger charge is 2.26. The van der Waals surface area contributed by atoms with E-state index in [1.165, 1.54) is 23.8 Å². The highest BCUT2D eigenvalue weighted by molar-refractivity contribution is 5.93. The smallest absolute Gasteiger partial charge is 0.244 e. The zero-order chi connectivity index (χ0) is 21.2. The summed E-state index contributed by atoms with van der Waals surface area (Å²) in [5.74, 6) is 1.60. The Morgan fingerprint density at radius 2 is 2.03 bits per heavy atom. The average molecular weight is 414 g/mol. The maximum absolute atomic E-state index is 12.2. The van der Waals surface area contributed by atoms with Crippen molar-refractivity contribution >= 4 is 28.3 Å². The second-order valence-electron chi connectivity index (χ2n) is 7.56. The van der Waals surface area contributed by atoms with E-state index < -0.39 is 0 Å². The van der Waals surface area contributed by atoms with E-state index in [0.29, 0.717) is 0 Å². The summed E-state index contributed by atoms with van der Waals surface area (Å²) in [6, 6.07) is 16.1. The van der Waals surface area contributed by atoms with E-state index in [4.69, 9.17) is 9.72 Å². The van der Waals surface area contributed by atoms with E-state index >= 15 is 0 Å². The van der Waals surface area contributed by atoms with Crippen molar-refractivity contribution in [2.75, 3.05) is 17.7 Å². The molecule has 8 heteroatoms. The number of methoxy groups -OCH3 is 1. The minimum Gasteiger partial charge on any atom is -0.496 e. The third kappa shape index (κ3) is 3.92. The van der Waals surface area contributed by atoms with Gasteiger partial charge in [-0.1, -0.05) is 12.1 Å². The predicted octanol–water partition coefficient (Wildman–Crippen LogP) is 3.57.